The van der Waals surface area contributed by atoms with Gasteiger partial charge in [-0.05, 0) is 42.5 Å². The number of nitro benzene ring substituents is 1. The Labute approximate surface area is 216 Å². The first kappa shape index (κ1) is 26.2. The third-order valence-corrected chi connectivity index (χ3v) is 7.78. The lowest BCUT2D eigenvalue weighted by Crippen LogP contribution is -2.40. The van der Waals surface area contributed by atoms with E-state index in [-0.39, 0.29) is 58.8 Å². The van der Waals surface area contributed by atoms with Crippen molar-refractivity contribution in [2.75, 3.05) is 31.6 Å². The first-order valence-corrected chi connectivity index (χ1v) is 12.7. The third-order valence-electron chi connectivity index (χ3n) is 5.40. The third kappa shape index (κ3) is 6.12. The van der Waals surface area contributed by atoms with E-state index in [0.717, 1.165) is 6.07 Å². The Morgan fingerprint density at radius 2 is 1.68 bits per heavy atom. The fraction of sp³-hybridized carbons (Fsp3) is 0.167. The fourth-order valence-corrected chi connectivity index (χ4v) is 5.40. The van der Waals surface area contributed by atoms with Gasteiger partial charge in [0.15, 0.2) is 0 Å². The van der Waals surface area contributed by atoms with Crippen molar-refractivity contribution < 1.29 is 32.4 Å². The van der Waals surface area contributed by atoms with Crippen molar-refractivity contribution >= 4 is 44.9 Å². The number of non-ortho nitro benzene ring substituents is 1. The zero-order valence-electron chi connectivity index (χ0n) is 19.1. The molecule has 3 aromatic carbocycles. The first-order chi connectivity index (χ1) is 17.6. The van der Waals surface area contributed by atoms with Crippen molar-refractivity contribution in [3.63, 3.8) is 0 Å². The number of ether oxygens (including phenoxy) is 2. The van der Waals surface area contributed by atoms with Gasteiger partial charge in [-0.1, -0.05) is 17.7 Å². The van der Waals surface area contributed by atoms with E-state index in [1.807, 2.05) is 0 Å². The van der Waals surface area contributed by atoms with Crippen LogP contribution in [0.1, 0.15) is 20.7 Å². The minimum absolute atomic E-state index is 0.0287. The highest BCUT2D eigenvalue weighted by molar-refractivity contribution is 7.89. The standard InChI is InChI=1S/C24H20ClN3O8S/c25-21-9-6-17(14-22(21)37(33,34)27-10-12-35-13-11-27)24(30)36-20-3-1-2-18(15-20)26-23(29)16-4-7-19(8-5-16)28(31)32/h1-9,14-15H,10-13H2,(H,26,29). The van der Waals surface area contributed by atoms with Crippen LogP contribution in [0.5, 0.6) is 5.75 Å². The van der Waals surface area contributed by atoms with Crippen LogP contribution in [0.15, 0.2) is 71.6 Å². The number of halogens is 1. The summed E-state index contributed by atoms with van der Waals surface area (Å²) < 4.78 is 37.9. The zero-order valence-corrected chi connectivity index (χ0v) is 20.7. The lowest BCUT2D eigenvalue weighted by Gasteiger charge is -2.26. The van der Waals surface area contributed by atoms with Gasteiger partial charge in [0, 0.05) is 42.5 Å². The highest BCUT2D eigenvalue weighted by atomic mass is 35.5. The highest BCUT2D eigenvalue weighted by Crippen LogP contribution is 2.27. The van der Waals surface area contributed by atoms with Gasteiger partial charge in [-0.25, -0.2) is 13.2 Å². The van der Waals surface area contributed by atoms with Crippen molar-refractivity contribution in [1.82, 2.24) is 4.31 Å². The molecular formula is C24H20ClN3O8S. The number of nitrogens with one attached hydrogen (secondary N) is 1. The minimum atomic E-state index is -3.95. The summed E-state index contributed by atoms with van der Waals surface area (Å²) in [7, 11) is -3.95. The molecule has 0 bridgehead atoms. The number of carbonyl (C=O) groups excluding carboxylic acids is 2. The minimum Gasteiger partial charge on any atom is -0.423 e. The van der Waals surface area contributed by atoms with Gasteiger partial charge in [0.2, 0.25) is 10.0 Å². The lowest BCUT2D eigenvalue weighted by molar-refractivity contribution is -0.384. The largest absolute Gasteiger partial charge is 0.423 e. The van der Waals surface area contributed by atoms with E-state index < -0.39 is 26.8 Å². The number of nitrogens with zero attached hydrogens (tertiary/aromatic N) is 2. The van der Waals surface area contributed by atoms with Crippen LogP contribution in [0, 0.1) is 10.1 Å². The van der Waals surface area contributed by atoms with Crippen molar-refractivity contribution in [3.8, 4) is 5.75 Å². The number of morpholine rings is 1. The summed E-state index contributed by atoms with van der Waals surface area (Å²) in [4.78, 5) is 35.3. The van der Waals surface area contributed by atoms with E-state index in [2.05, 4.69) is 5.32 Å². The molecule has 1 aliphatic rings. The number of carbonyl (C=O) groups is 2. The molecule has 192 valence electrons. The average molecular weight is 546 g/mol. The monoisotopic (exact) mass is 545 g/mol. The summed E-state index contributed by atoms with van der Waals surface area (Å²) in [5.74, 6) is -1.25. The molecule has 0 radical (unpaired) electrons. The second-order valence-corrected chi connectivity index (χ2v) is 10.2. The molecule has 1 aliphatic heterocycles. The SMILES string of the molecule is O=C(Nc1cccc(OC(=O)c2ccc(Cl)c(S(=O)(=O)N3CCOCC3)c2)c1)c1ccc([N+](=O)[O-])cc1. The van der Waals surface area contributed by atoms with Crippen LogP contribution in [0.3, 0.4) is 0 Å². The molecule has 0 spiro atoms. The number of amides is 1. The predicted molar refractivity (Wildman–Crippen MR) is 133 cm³/mol. The summed E-state index contributed by atoms with van der Waals surface area (Å²) in [6.07, 6.45) is 0. The molecule has 4 rings (SSSR count). The summed E-state index contributed by atoms with van der Waals surface area (Å²) in [6, 6.07) is 14.9. The summed E-state index contributed by atoms with van der Waals surface area (Å²) in [6.45, 7) is 0.864. The molecule has 13 heteroatoms. The van der Waals surface area contributed by atoms with E-state index >= 15 is 0 Å². The highest BCUT2D eigenvalue weighted by Gasteiger charge is 2.29. The number of rotatable bonds is 7. The molecule has 0 aliphatic carbocycles. The van der Waals surface area contributed by atoms with Crippen molar-refractivity contribution in [2.24, 2.45) is 0 Å². The Balaban J connectivity index is 1.48. The second-order valence-electron chi connectivity index (χ2n) is 7.84. The Kier molecular flexibility index (Phi) is 7.83. The summed E-state index contributed by atoms with van der Waals surface area (Å²) in [5, 5.41) is 13.4. The zero-order chi connectivity index (χ0) is 26.6. The van der Waals surface area contributed by atoms with E-state index in [1.54, 1.807) is 12.1 Å². The van der Waals surface area contributed by atoms with Crippen LogP contribution >= 0.6 is 11.6 Å². The molecule has 0 atom stereocenters. The Morgan fingerprint density at radius 1 is 1.00 bits per heavy atom. The van der Waals surface area contributed by atoms with Gasteiger partial charge in [0.05, 0.1) is 28.7 Å². The van der Waals surface area contributed by atoms with Crippen LogP contribution in [-0.4, -0.2) is 55.8 Å². The molecule has 0 aromatic heterocycles. The Morgan fingerprint density at radius 3 is 2.35 bits per heavy atom. The molecule has 11 nitrogen and oxygen atoms in total. The molecule has 0 unspecified atom stereocenters. The maximum atomic E-state index is 13.0. The van der Waals surface area contributed by atoms with Crippen molar-refractivity contribution in [1.29, 1.82) is 0 Å². The summed E-state index contributed by atoms with van der Waals surface area (Å²) >= 11 is 6.15. The smallest absolute Gasteiger partial charge is 0.343 e. The second kappa shape index (κ2) is 11.0. The number of hydrogen-bond donors (Lipinski definition) is 1. The van der Waals surface area contributed by atoms with Gasteiger partial charge in [0.25, 0.3) is 11.6 Å². The van der Waals surface area contributed by atoms with Gasteiger partial charge < -0.3 is 14.8 Å². The maximum absolute atomic E-state index is 13.0. The lowest BCUT2D eigenvalue weighted by atomic mass is 10.2. The van der Waals surface area contributed by atoms with Crippen LogP contribution < -0.4 is 10.1 Å². The van der Waals surface area contributed by atoms with E-state index in [0.29, 0.717) is 5.69 Å². The Hall–Kier alpha value is -3.84. The molecule has 0 saturated carbocycles. The van der Waals surface area contributed by atoms with Crippen LogP contribution in [0.4, 0.5) is 11.4 Å². The molecular weight excluding hydrogens is 526 g/mol. The van der Waals surface area contributed by atoms with E-state index in [1.165, 1.54) is 52.8 Å². The number of nitro groups is 1. The molecule has 3 aromatic rings. The predicted octanol–water partition coefficient (Wildman–Crippen LogP) is 3.74. The molecule has 1 amide bonds. The van der Waals surface area contributed by atoms with Crippen molar-refractivity contribution in [3.05, 3.63) is 93.0 Å². The number of benzene rings is 3. The number of sulfonamides is 1. The average Bonchev–Trinajstić information content (AvgIpc) is 2.89. The molecule has 1 fully saturated rings. The van der Waals surface area contributed by atoms with Crippen molar-refractivity contribution in [2.45, 2.75) is 4.90 Å². The van der Waals surface area contributed by atoms with Crippen LogP contribution in [0.2, 0.25) is 5.02 Å². The maximum Gasteiger partial charge on any atom is 0.343 e. The van der Waals surface area contributed by atoms with Gasteiger partial charge >= 0.3 is 5.97 Å². The molecule has 1 N–H and O–H groups in total. The molecule has 1 heterocycles. The number of anilines is 1. The van der Waals surface area contributed by atoms with E-state index in [4.69, 9.17) is 21.1 Å². The molecule has 37 heavy (non-hydrogen) atoms. The normalized spacial score (nSPS) is 14.1. The van der Waals surface area contributed by atoms with Gasteiger partial charge in [-0.2, -0.15) is 4.31 Å². The summed E-state index contributed by atoms with van der Waals surface area (Å²) in [5.41, 5.74) is 0.327. The van der Waals surface area contributed by atoms with Crippen LogP contribution in [0.25, 0.3) is 0 Å². The first-order valence-electron chi connectivity index (χ1n) is 10.9. The van der Waals surface area contributed by atoms with Gasteiger partial charge in [0.1, 0.15) is 10.6 Å². The number of esters is 1. The Bertz CT molecular complexity index is 1460. The van der Waals surface area contributed by atoms with Crippen LogP contribution in [-0.2, 0) is 14.8 Å². The van der Waals surface area contributed by atoms with Gasteiger partial charge in [-0.3, -0.25) is 14.9 Å². The molecule has 1 saturated heterocycles. The quantitative estimate of drug-likeness (QED) is 0.204. The fourth-order valence-electron chi connectivity index (χ4n) is 3.50. The van der Waals surface area contributed by atoms with Gasteiger partial charge in [-0.15, -0.1) is 0 Å². The topological polar surface area (TPSA) is 145 Å². The number of hydrogen-bond acceptors (Lipinski definition) is 8. The van der Waals surface area contributed by atoms with E-state index in [9.17, 15) is 28.1 Å².